The van der Waals surface area contributed by atoms with E-state index in [1.807, 2.05) is 12.1 Å². The molecule has 0 bridgehead atoms. The van der Waals surface area contributed by atoms with Crippen LogP contribution in [-0.2, 0) is 4.74 Å². The van der Waals surface area contributed by atoms with Crippen molar-refractivity contribution in [2.75, 3.05) is 6.61 Å². The average molecular weight is 175 g/mol. The lowest BCUT2D eigenvalue weighted by Gasteiger charge is -2.01. The molecule has 0 aromatic heterocycles. The Kier molecular flexibility index (Phi) is 2.30. The fourth-order valence-corrected chi connectivity index (χ4v) is 1.08. The van der Waals surface area contributed by atoms with Crippen LogP contribution < -0.4 is 0 Å². The molecule has 0 aliphatic heterocycles. The van der Waals surface area contributed by atoms with Crippen LogP contribution in [0.5, 0.6) is 0 Å². The van der Waals surface area contributed by atoms with Crippen molar-refractivity contribution in [2.45, 2.75) is 12.8 Å². The zero-order valence-electron chi connectivity index (χ0n) is 7.32. The van der Waals surface area contributed by atoms with Gasteiger partial charge in [-0.1, -0.05) is 18.2 Å². The molecular weight excluding hydrogens is 164 g/mol. The smallest absolute Gasteiger partial charge is 0.338 e. The van der Waals surface area contributed by atoms with Crippen LogP contribution in [-0.4, -0.2) is 12.6 Å². The molecule has 1 fully saturated rings. The molecule has 67 valence electrons. The quantitative estimate of drug-likeness (QED) is 0.657. The van der Waals surface area contributed by atoms with Gasteiger partial charge in [-0.3, -0.25) is 0 Å². The zero-order chi connectivity index (χ0) is 9.10. The second kappa shape index (κ2) is 3.60. The van der Waals surface area contributed by atoms with E-state index in [4.69, 9.17) is 4.74 Å². The summed E-state index contributed by atoms with van der Waals surface area (Å²) in [4.78, 5) is 11.3. The summed E-state index contributed by atoms with van der Waals surface area (Å²) in [5.41, 5.74) is 0.517. The van der Waals surface area contributed by atoms with Gasteiger partial charge in [-0.05, 0) is 30.9 Å². The Morgan fingerprint density at radius 3 is 3.00 bits per heavy atom. The van der Waals surface area contributed by atoms with Crippen LogP contribution in [0.3, 0.4) is 0 Å². The molecule has 0 atom stereocenters. The van der Waals surface area contributed by atoms with E-state index in [1.54, 1.807) is 12.1 Å². The number of hydrogen-bond donors (Lipinski definition) is 0. The van der Waals surface area contributed by atoms with Gasteiger partial charge in [-0.2, -0.15) is 0 Å². The van der Waals surface area contributed by atoms with Crippen molar-refractivity contribution in [3.05, 3.63) is 35.9 Å². The minimum atomic E-state index is -0.257. The Bertz CT molecular complexity index is 288. The zero-order valence-corrected chi connectivity index (χ0v) is 7.32. The Morgan fingerprint density at radius 1 is 1.54 bits per heavy atom. The first kappa shape index (κ1) is 8.30. The molecular formula is C11H11O2. The summed E-state index contributed by atoms with van der Waals surface area (Å²) < 4.78 is 5.08. The summed E-state index contributed by atoms with van der Waals surface area (Å²) >= 11 is 0. The van der Waals surface area contributed by atoms with Crippen LogP contribution in [0.4, 0.5) is 0 Å². The number of esters is 1. The van der Waals surface area contributed by atoms with Crippen LogP contribution >= 0.6 is 0 Å². The van der Waals surface area contributed by atoms with Gasteiger partial charge < -0.3 is 4.74 Å². The SMILES string of the molecule is O=C(OCC1CC1)c1[c]cccc1. The third kappa shape index (κ3) is 2.31. The third-order valence-corrected chi connectivity index (χ3v) is 2.08. The fourth-order valence-electron chi connectivity index (χ4n) is 1.08. The molecule has 1 aromatic carbocycles. The Hall–Kier alpha value is -1.31. The maximum absolute atomic E-state index is 11.3. The molecule has 1 aromatic rings. The lowest BCUT2D eigenvalue weighted by Crippen LogP contribution is -2.07. The van der Waals surface area contributed by atoms with Gasteiger partial charge in [-0.15, -0.1) is 0 Å². The first-order valence-corrected chi connectivity index (χ1v) is 4.50. The summed E-state index contributed by atoms with van der Waals surface area (Å²) in [6.07, 6.45) is 2.40. The lowest BCUT2D eigenvalue weighted by molar-refractivity contribution is 0.0486. The highest BCUT2D eigenvalue weighted by Gasteiger charge is 2.23. The van der Waals surface area contributed by atoms with Gasteiger partial charge in [0.05, 0.1) is 12.2 Å². The van der Waals surface area contributed by atoms with Crippen LogP contribution in [0.15, 0.2) is 24.3 Å². The molecule has 1 aliphatic carbocycles. The Morgan fingerprint density at radius 2 is 2.38 bits per heavy atom. The summed E-state index contributed by atoms with van der Waals surface area (Å²) in [6.45, 7) is 0.571. The van der Waals surface area contributed by atoms with E-state index in [0.717, 1.165) is 0 Å². The van der Waals surface area contributed by atoms with E-state index in [2.05, 4.69) is 6.07 Å². The fraction of sp³-hybridized carbons (Fsp3) is 0.364. The second-order valence-electron chi connectivity index (χ2n) is 3.32. The molecule has 2 rings (SSSR count). The van der Waals surface area contributed by atoms with Gasteiger partial charge in [0.25, 0.3) is 0 Å². The van der Waals surface area contributed by atoms with Crippen LogP contribution in [0.25, 0.3) is 0 Å². The number of carbonyl (C=O) groups excluding carboxylic acids is 1. The Balaban J connectivity index is 1.89. The largest absolute Gasteiger partial charge is 0.462 e. The molecule has 1 radical (unpaired) electrons. The van der Waals surface area contributed by atoms with Crippen molar-refractivity contribution in [1.29, 1.82) is 0 Å². The van der Waals surface area contributed by atoms with Crippen molar-refractivity contribution in [1.82, 2.24) is 0 Å². The average Bonchev–Trinajstić information content (AvgIpc) is 2.99. The summed E-state index contributed by atoms with van der Waals surface area (Å²) in [7, 11) is 0. The van der Waals surface area contributed by atoms with Gasteiger partial charge in [0.15, 0.2) is 0 Å². The summed E-state index contributed by atoms with van der Waals surface area (Å²) in [6, 6.07) is 9.91. The maximum Gasteiger partial charge on any atom is 0.338 e. The van der Waals surface area contributed by atoms with Gasteiger partial charge in [0.1, 0.15) is 0 Å². The van der Waals surface area contributed by atoms with E-state index in [9.17, 15) is 4.79 Å². The molecule has 2 nitrogen and oxygen atoms in total. The van der Waals surface area contributed by atoms with Crippen molar-refractivity contribution in [3.63, 3.8) is 0 Å². The molecule has 1 aliphatic rings. The topological polar surface area (TPSA) is 26.3 Å². The lowest BCUT2D eigenvalue weighted by atomic mass is 10.2. The van der Waals surface area contributed by atoms with Gasteiger partial charge in [0.2, 0.25) is 0 Å². The van der Waals surface area contributed by atoms with Crippen molar-refractivity contribution in [2.24, 2.45) is 5.92 Å². The molecule has 13 heavy (non-hydrogen) atoms. The summed E-state index contributed by atoms with van der Waals surface area (Å²) in [5.74, 6) is 0.361. The molecule has 0 unspecified atom stereocenters. The number of ether oxygens (including phenoxy) is 1. The van der Waals surface area contributed by atoms with E-state index in [0.29, 0.717) is 18.1 Å². The molecule has 0 saturated heterocycles. The number of carbonyl (C=O) groups is 1. The van der Waals surface area contributed by atoms with E-state index < -0.39 is 0 Å². The molecule has 1 saturated carbocycles. The van der Waals surface area contributed by atoms with E-state index in [-0.39, 0.29) is 5.97 Å². The van der Waals surface area contributed by atoms with Crippen LogP contribution in [0.2, 0.25) is 0 Å². The minimum Gasteiger partial charge on any atom is -0.462 e. The highest BCUT2D eigenvalue weighted by molar-refractivity contribution is 5.88. The maximum atomic E-state index is 11.3. The standard InChI is InChI=1S/C11H11O2/c12-11(13-8-9-6-7-9)10-4-2-1-3-5-10/h1-4,9H,6-8H2. The van der Waals surface area contributed by atoms with Gasteiger partial charge >= 0.3 is 5.97 Å². The van der Waals surface area contributed by atoms with Gasteiger partial charge in [-0.25, -0.2) is 4.79 Å². The Labute approximate surface area is 77.5 Å². The van der Waals surface area contributed by atoms with Crippen molar-refractivity contribution in [3.8, 4) is 0 Å². The third-order valence-electron chi connectivity index (χ3n) is 2.08. The summed E-state index contributed by atoms with van der Waals surface area (Å²) in [5, 5.41) is 0. The minimum absolute atomic E-state index is 0.257. The number of benzene rings is 1. The molecule has 2 heteroatoms. The van der Waals surface area contributed by atoms with E-state index in [1.165, 1.54) is 12.8 Å². The number of rotatable bonds is 3. The molecule has 0 spiro atoms. The van der Waals surface area contributed by atoms with Crippen molar-refractivity contribution < 1.29 is 9.53 Å². The molecule has 0 heterocycles. The van der Waals surface area contributed by atoms with Gasteiger partial charge in [0, 0.05) is 0 Å². The first-order valence-electron chi connectivity index (χ1n) is 4.50. The molecule has 0 amide bonds. The monoisotopic (exact) mass is 175 g/mol. The molecule has 0 N–H and O–H groups in total. The first-order chi connectivity index (χ1) is 6.36. The predicted molar refractivity (Wildman–Crippen MR) is 48.3 cm³/mol. The van der Waals surface area contributed by atoms with Crippen LogP contribution in [0, 0.1) is 12.0 Å². The number of hydrogen-bond acceptors (Lipinski definition) is 2. The van der Waals surface area contributed by atoms with Crippen LogP contribution in [0.1, 0.15) is 23.2 Å². The predicted octanol–water partition coefficient (Wildman–Crippen LogP) is 2.05. The highest BCUT2D eigenvalue weighted by Crippen LogP contribution is 2.28. The second-order valence-corrected chi connectivity index (χ2v) is 3.32. The van der Waals surface area contributed by atoms with E-state index >= 15 is 0 Å². The normalized spacial score (nSPS) is 15.4. The van der Waals surface area contributed by atoms with Crippen molar-refractivity contribution >= 4 is 5.97 Å². The highest BCUT2D eigenvalue weighted by atomic mass is 16.5.